The Morgan fingerprint density at radius 2 is 2.11 bits per heavy atom. The van der Waals surface area contributed by atoms with E-state index < -0.39 is 18.0 Å². The number of allylic oxidation sites excluding steroid dienone is 2. The number of anilines is 1. The lowest BCUT2D eigenvalue weighted by molar-refractivity contribution is 0.101. The van der Waals surface area contributed by atoms with Crippen LogP contribution in [0.25, 0.3) is 0 Å². The maximum atomic E-state index is 13.2. The fourth-order valence-corrected chi connectivity index (χ4v) is 3.70. The van der Waals surface area contributed by atoms with Gasteiger partial charge < -0.3 is 5.32 Å². The van der Waals surface area contributed by atoms with Gasteiger partial charge in [0, 0.05) is 24.8 Å². The van der Waals surface area contributed by atoms with Crippen molar-refractivity contribution in [1.29, 1.82) is 0 Å². The van der Waals surface area contributed by atoms with Crippen LogP contribution in [-0.4, -0.2) is 15.7 Å². The van der Waals surface area contributed by atoms with Crippen molar-refractivity contribution < 1.29 is 13.6 Å². The lowest BCUT2D eigenvalue weighted by atomic mass is 9.72. The van der Waals surface area contributed by atoms with Gasteiger partial charge in [-0.1, -0.05) is 37.6 Å². The first kappa shape index (κ1) is 19.3. The van der Waals surface area contributed by atoms with Crippen molar-refractivity contribution in [2.24, 2.45) is 13.0 Å². The molecule has 1 aromatic carbocycles. The first-order valence-electron chi connectivity index (χ1n) is 9.21. The van der Waals surface area contributed by atoms with E-state index in [-0.39, 0.29) is 11.5 Å². The van der Waals surface area contributed by atoms with Gasteiger partial charge in [0.1, 0.15) is 5.69 Å². The summed E-state index contributed by atoms with van der Waals surface area (Å²) in [6.07, 6.45) is 2.91. The second-order valence-electron chi connectivity index (χ2n) is 7.47. The summed E-state index contributed by atoms with van der Waals surface area (Å²) in [5, 5.41) is 6.56. The molecular weight excluding hydrogens is 348 g/mol. The number of halogens is 2. The highest BCUT2D eigenvalue weighted by atomic mass is 19.3. The van der Waals surface area contributed by atoms with Crippen LogP contribution in [0.4, 0.5) is 14.5 Å². The summed E-state index contributed by atoms with van der Waals surface area (Å²) in [5.74, 6) is 0.181. The quantitative estimate of drug-likeness (QED) is 0.716. The van der Waals surface area contributed by atoms with Crippen molar-refractivity contribution in [2.45, 2.75) is 46.0 Å². The Hall–Kier alpha value is -2.50. The van der Waals surface area contributed by atoms with Crippen LogP contribution < -0.4 is 5.32 Å². The van der Waals surface area contributed by atoms with Crippen LogP contribution in [0, 0.1) is 12.8 Å². The Morgan fingerprint density at radius 1 is 1.37 bits per heavy atom. The Kier molecular flexibility index (Phi) is 5.44. The molecule has 1 heterocycles. The topological polar surface area (TPSA) is 46.9 Å². The van der Waals surface area contributed by atoms with E-state index in [9.17, 15) is 13.6 Å². The van der Waals surface area contributed by atoms with E-state index in [1.54, 1.807) is 0 Å². The van der Waals surface area contributed by atoms with Crippen LogP contribution in [0.1, 0.15) is 66.2 Å². The number of carbonyl (C=O) groups is 1. The molecule has 3 rings (SSSR count). The van der Waals surface area contributed by atoms with Crippen LogP contribution in [0.15, 0.2) is 36.0 Å². The van der Waals surface area contributed by atoms with E-state index >= 15 is 0 Å². The molecule has 144 valence electrons. The van der Waals surface area contributed by atoms with Crippen LogP contribution >= 0.6 is 0 Å². The third-order valence-corrected chi connectivity index (χ3v) is 4.95. The number of aryl methyl sites for hydroxylation is 2. The first-order valence-corrected chi connectivity index (χ1v) is 9.21. The summed E-state index contributed by atoms with van der Waals surface area (Å²) in [6, 6.07) is 5.73. The standard InChI is InChI=1S/C21H25F2N3O/c1-12(2)10-14-8-9-15(14)18-13(3)6-5-7-17(18)24-21(27)16-11-26(4)25-19(16)20(22)23/h5-7,10-12,15,20H,8-9H2,1-4H3,(H,24,27). The van der Waals surface area contributed by atoms with E-state index in [2.05, 4.69) is 30.3 Å². The maximum absolute atomic E-state index is 13.2. The molecule has 1 atom stereocenters. The molecular formula is C21H25F2N3O. The number of nitrogens with one attached hydrogen (secondary N) is 1. The van der Waals surface area contributed by atoms with Crippen molar-refractivity contribution >= 4 is 11.6 Å². The molecule has 0 aliphatic heterocycles. The molecule has 1 aromatic heterocycles. The Balaban J connectivity index is 1.93. The summed E-state index contributed by atoms with van der Waals surface area (Å²) in [5.41, 5.74) is 3.64. The lowest BCUT2D eigenvalue weighted by Crippen LogP contribution is -2.20. The minimum atomic E-state index is -2.80. The number of aromatic nitrogens is 2. The van der Waals surface area contributed by atoms with E-state index in [1.165, 1.54) is 23.5 Å². The number of hydrogen-bond acceptors (Lipinski definition) is 2. The number of hydrogen-bond donors (Lipinski definition) is 1. The summed E-state index contributed by atoms with van der Waals surface area (Å²) in [4.78, 5) is 12.7. The molecule has 1 fully saturated rings. The van der Waals surface area contributed by atoms with E-state index in [0.29, 0.717) is 11.6 Å². The molecule has 1 aliphatic rings. The summed E-state index contributed by atoms with van der Waals surface area (Å²) < 4.78 is 27.6. The Bertz CT molecular complexity index is 884. The molecule has 1 N–H and O–H groups in total. The number of alkyl halides is 2. The van der Waals surface area contributed by atoms with E-state index in [1.807, 2.05) is 25.1 Å². The van der Waals surface area contributed by atoms with Crippen LogP contribution in [-0.2, 0) is 7.05 Å². The summed E-state index contributed by atoms with van der Waals surface area (Å²) in [6.45, 7) is 6.32. The van der Waals surface area contributed by atoms with Gasteiger partial charge in [-0.05, 0) is 42.9 Å². The Labute approximate surface area is 158 Å². The number of carbonyl (C=O) groups excluding carboxylic acids is 1. The third-order valence-electron chi connectivity index (χ3n) is 4.95. The van der Waals surface area contributed by atoms with E-state index in [0.717, 1.165) is 24.0 Å². The van der Waals surface area contributed by atoms with Gasteiger partial charge in [-0.3, -0.25) is 9.48 Å². The van der Waals surface area contributed by atoms with Crippen LogP contribution in [0.2, 0.25) is 0 Å². The molecule has 1 aliphatic carbocycles. The zero-order valence-electron chi connectivity index (χ0n) is 16.1. The normalized spacial score (nSPS) is 18.2. The van der Waals surface area contributed by atoms with Gasteiger partial charge in [-0.15, -0.1) is 0 Å². The lowest BCUT2D eigenvalue weighted by Gasteiger charge is -2.34. The molecule has 2 aromatic rings. The second kappa shape index (κ2) is 7.62. The number of rotatable bonds is 5. The minimum Gasteiger partial charge on any atom is -0.322 e. The van der Waals surface area contributed by atoms with E-state index in [4.69, 9.17) is 0 Å². The molecule has 6 heteroatoms. The van der Waals surface area contributed by atoms with Crippen molar-refractivity contribution in [2.75, 3.05) is 5.32 Å². The molecule has 0 saturated heterocycles. The Morgan fingerprint density at radius 3 is 2.70 bits per heavy atom. The predicted octanol–water partition coefficient (Wildman–Crippen LogP) is 5.38. The highest BCUT2D eigenvalue weighted by Gasteiger charge is 2.30. The zero-order chi connectivity index (χ0) is 19.7. The fourth-order valence-electron chi connectivity index (χ4n) is 3.70. The van der Waals surface area contributed by atoms with Gasteiger partial charge in [0.2, 0.25) is 0 Å². The molecule has 0 spiro atoms. The van der Waals surface area contributed by atoms with Crippen LogP contribution in [0.5, 0.6) is 0 Å². The molecule has 4 nitrogen and oxygen atoms in total. The van der Waals surface area contributed by atoms with Crippen molar-refractivity contribution in [3.63, 3.8) is 0 Å². The fraction of sp³-hybridized carbons (Fsp3) is 0.429. The van der Waals surface area contributed by atoms with Crippen molar-refractivity contribution in [1.82, 2.24) is 9.78 Å². The number of nitrogens with zero attached hydrogens (tertiary/aromatic N) is 2. The molecule has 1 saturated carbocycles. The van der Waals surface area contributed by atoms with Gasteiger partial charge in [0.05, 0.1) is 5.56 Å². The van der Waals surface area contributed by atoms with Crippen LogP contribution in [0.3, 0.4) is 0 Å². The highest BCUT2D eigenvalue weighted by molar-refractivity contribution is 6.05. The highest BCUT2D eigenvalue weighted by Crippen LogP contribution is 2.46. The molecule has 1 unspecified atom stereocenters. The average Bonchev–Trinajstić information content (AvgIpc) is 2.97. The van der Waals surface area contributed by atoms with Crippen molar-refractivity contribution in [3.05, 3.63) is 58.4 Å². The summed E-state index contributed by atoms with van der Waals surface area (Å²) in [7, 11) is 1.53. The third kappa shape index (κ3) is 3.94. The molecule has 0 radical (unpaired) electrons. The zero-order valence-corrected chi connectivity index (χ0v) is 16.1. The maximum Gasteiger partial charge on any atom is 0.282 e. The number of benzene rings is 1. The van der Waals surface area contributed by atoms with Gasteiger partial charge in [-0.2, -0.15) is 5.10 Å². The summed E-state index contributed by atoms with van der Waals surface area (Å²) >= 11 is 0. The SMILES string of the molecule is Cc1cccc(NC(=O)c2cn(C)nc2C(F)F)c1C1CCC1=CC(C)C. The number of amides is 1. The smallest absolute Gasteiger partial charge is 0.282 e. The largest absolute Gasteiger partial charge is 0.322 e. The molecule has 1 amide bonds. The monoisotopic (exact) mass is 373 g/mol. The van der Waals surface area contributed by atoms with Crippen molar-refractivity contribution in [3.8, 4) is 0 Å². The van der Waals surface area contributed by atoms with Gasteiger partial charge in [0.25, 0.3) is 12.3 Å². The van der Waals surface area contributed by atoms with Gasteiger partial charge in [-0.25, -0.2) is 8.78 Å². The minimum absolute atomic E-state index is 0.0912. The second-order valence-corrected chi connectivity index (χ2v) is 7.47. The van der Waals surface area contributed by atoms with Gasteiger partial charge in [0.15, 0.2) is 0 Å². The molecule has 0 bridgehead atoms. The van der Waals surface area contributed by atoms with Gasteiger partial charge >= 0.3 is 0 Å². The predicted molar refractivity (Wildman–Crippen MR) is 102 cm³/mol. The average molecular weight is 373 g/mol. The molecule has 27 heavy (non-hydrogen) atoms. The first-order chi connectivity index (χ1) is 12.8.